The van der Waals surface area contributed by atoms with Gasteiger partial charge >= 0.3 is 12.2 Å². The molecule has 1 aliphatic heterocycles. The number of hydrogen-bond donors (Lipinski definition) is 2. The summed E-state index contributed by atoms with van der Waals surface area (Å²) < 4.78 is 17.5. The smallest absolute Gasteiger partial charge is 0.359 e. The van der Waals surface area contributed by atoms with Crippen LogP contribution in [0.1, 0.15) is 0 Å². The minimum atomic E-state index is -0.922. The molecular weight excluding hydrogens is 253 g/mol. The number of amides is 2. The van der Waals surface area contributed by atoms with E-state index in [1.54, 1.807) is 0 Å². The zero-order chi connectivity index (χ0) is 13.7. The van der Waals surface area contributed by atoms with Crippen LogP contribution < -0.4 is 10.6 Å². The number of halogens is 1. The third kappa shape index (κ3) is 3.92. The van der Waals surface area contributed by atoms with Gasteiger partial charge in [-0.05, 0) is 18.2 Å². The van der Waals surface area contributed by atoms with E-state index in [1.165, 1.54) is 23.1 Å². The molecule has 0 spiro atoms. The summed E-state index contributed by atoms with van der Waals surface area (Å²) in [6.45, 7) is 2.32. The van der Waals surface area contributed by atoms with Crippen molar-refractivity contribution >= 4 is 17.9 Å². The van der Waals surface area contributed by atoms with E-state index in [0.29, 0.717) is 26.2 Å². The molecule has 102 valence electrons. The SMILES string of the molecule is O=C(Nc1cccc(F)c1)OC(=O)N1CCNCC1. The van der Waals surface area contributed by atoms with Gasteiger partial charge in [0.2, 0.25) is 0 Å². The minimum Gasteiger partial charge on any atom is -0.359 e. The Morgan fingerprint density at radius 1 is 1.32 bits per heavy atom. The van der Waals surface area contributed by atoms with Crippen LogP contribution in [0.5, 0.6) is 0 Å². The van der Waals surface area contributed by atoms with Crippen LogP contribution in [-0.2, 0) is 4.74 Å². The Morgan fingerprint density at radius 3 is 2.74 bits per heavy atom. The maximum Gasteiger partial charge on any atom is 0.420 e. The predicted octanol–water partition coefficient (Wildman–Crippen LogP) is 1.40. The summed E-state index contributed by atoms with van der Waals surface area (Å²) in [5.74, 6) is -0.480. The van der Waals surface area contributed by atoms with Crippen LogP contribution in [0.15, 0.2) is 24.3 Å². The lowest BCUT2D eigenvalue weighted by atomic mass is 10.3. The van der Waals surface area contributed by atoms with Crippen molar-refractivity contribution in [2.24, 2.45) is 0 Å². The molecule has 0 bridgehead atoms. The van der Waals surface area contributed by atoms with Crippen LogP contribution in [-0.4, -0.2) is 43.3 Å². The highest BCUT2D eigenvalue weighted by molar-refractivity contribution is 5.92. The summed E-state index contributed by atoms with van der Waals surface area (Å²) in [4.78, 5) is 24.5. The highest BCUT2D eigenvalue weighted by Crippen LogP contribution is 2.09. The summed E-state index contributed by atoms with van der Waals surface area (Å²) in [7, 11) is 0. The van der Waals surface area contributed by atoms with E-state index in [1.807, 2.05) is 0 Å². The molecule has 0 saturated carbocycles. The monoisotopic (exact) mass is 267 g/mol. The predicted molar refractivity (Wildman–Crippen MR) is 66.3 cm³/mol. The topological polar surface area (TPSA) is 70.7 Å². The Bertz CT molecular complexity index is 475. The van der Waals surface area contributed by atoms with E-state index in [-0.39, 0.29) is 5.69 Å². The zero-order valence-electron chi connectivity index (χ0n) is 10.2. The first-order valence-corrected chi connectivity index (χ1v) is 5.89. The van der Waals surface area contributed by atoms with Crippen LogP contribution in [0, 0.1) is 5.82 Å². The highest BCUT2D eigenvalue weighted by atomic mass is 19.1. The molecule has 0 radical (unpaired) electrons. The average molecular weight is 267 g/mol. The number of carbonyl (C=O) groups is 2. The van der Waals surface area contributed by atoms with E-state index < -0.39 is 18.0 Å². The second kappa shape index (κ2) is 6.14. The third-order valence-electron chi connectivity index (χ3n) is 2.63. The molecule has 0 atom stereocenters. The molecule has 1 aromatic rings. The van der Waals surface area contributed by atoms with Crippen molar-refractivity contribution in [1.82, 2.24) is 10.2 Å². The number of ether oxygens (including phenoxy) is 1. The number of anilines is 1. The number of nitrogens with zero attached hydrogens (tertiary/aromatic N) is 1. The molecule has 1 saturated heterocycles. The summed E-state index contributed by atoms with van der Waals surface area (Å²) in [6, 6.07) is 5.33. The quantitative estimate of drug-likeness (QED) is 0.754. The van der Waals surface area contributed by atoms with Crippen LogP contribution in [0.2, 0.25) is 0 Å². The van der Waals surface area contributed by atoms with Crippen molar-refractivity contribution < 1.29 is 18.7 Å². The van der Waals surface area contributed by atoms with Crippen molar-refractivity contribution in [3.63, 3.8) is 0 Å². The second-order valence-electron chi connectivity index (χ2n) is 4.03. The van der Waals surface area contributed by atoms with Gasteiger partial charge in [0.05, 0.1) is 0 Å². The number of nitrogens with one attached hydrogen (secondary N) is 2. The van der Waals surface area contributed by atoms with Crippen LogP contribution in [0.4, 0.5) is 19.7 Å². The van der Waals surface area contributed by atoms with Crippen LogP contribution >= 0.6 is 0 Å². The number of rotatable bonds is 1. The van der Waals surface area contributed by atoms with Gasteiger partial charge in [-0.25, -0.2) is 14.0 Å². The molecule has 19 heavy (non-hydrogen) atoms. The number of hydrogen-bond acceptors (Lipinski definition) is 4. The zero-order valence-corrected chi connectivity index (χ0v) is 10.2. The van der Waals surface area contributed by atoms with E-state index >= 15 is 0 Å². The number of carbonyl (C=O) groups excluding carboxylic acids is 2. The fourth-order valence-corrected chi connectivity index (χ4v) is 1.70. The summed E-state index contributed by atoms with van der Waals surface area (Å²) in [6.07, 6.45) is -1.62. The lowest BCUT2D eigenvalue weighted by Crippen LogP contribution is -2.47. The maximum absolute atomic E-state index is 12.9. The molecule has 0 aromatic heterocycles. The first-order chi connectivity index (χ1) is 9.15. The van der Waals surface area contributed by atoms with Gasteiger partial charge in [-0.15, -0.1) is 0 Å². The van der Waals surface area contributed by atoms with Gasteiger partial charge in [-0.1, -0.05) is 6.07 Å². The number of piperazine rings is 1. The van der Waals surface area contributed by atoms with Gasteiger partial charge in [0, 0.05) is 31.9 Å². The molecule has 0 unspecified atom stereocenters. The van der Waals surface area contributed by atoms with Crippen molar-refractivity contribution in [3.05, 3.63) is 30.1 Å². The van der Waals surface area contributed by atoms with Gasteiger partial charge in [-0.2, -0.15) is 0 Å². The molecular formula is C12H14FN3O3. The average Bonchev–Trinajstić information content (AvgIpc) is 2.39. The Hall–Kier alpha value is -2.15. The first kappa shape index (κ1) is 13.3. The molecule has 0 aliphatic carbocycles. The van der Waals surface area contributed by atoms with Gasteiger partial charge in [0.15, 0.2) is 0 Å². The largest absolute Gasteiger partial charge is 0.420 e. The molecule has 1 fully saturated rings. The molecule has 1 aliphatic rings. The Kier molecular flexibility index (Phi) is 4.30. The normalized spacial score (nSPS) is 14.9. The van der Waals surface area contributed by atoms with E-state index in [9.17, 15) is 14.0 Å². The van der Waals surface area contributed by atoms with E-state index in [4.69, 9.17) is 0 Å². The lowest BCUT2D eigenvalue weighted by Gasteiger charge is -2.25. The van der Waals surface area contributed by atoms with E-state index in [0.717, 1.165) is 6.07 Å². The molecule has 1 aromatic carbocycles. The minimum absolute atomic E-state index is 0.234. The molecule has 2 amide bonds. The van der Waals surface area contributed by atoms with Crippen molar-refractivity contribution in [1.29, 1.82) is 0 Å². The highest BCUT2D eigenvalue weighted by Gasteiger charge is 2.20. The summed E-state index contributed by atoms with van der Waals surface area (Å²) in [5, 5.41) is 5.37. The maximum atomic E-state index is 12.9. The van der Waals surface area contributed by atoms with Gasteiger partial charge < -0.3 is 15.0 Å². The lowest BCUT2D eigenvalue weighted by molar-refractivity contribution is 0.119. The summed E-state index contributed by atoms with van der Waals surface area (Å²) >= 11 is 0. The Morgan fingerprint density at radius 2 is 2.05 bits per heavy atom. The van der Waals surface area contributed by atoms with Gasteiger partial charge in [0.25, 0.3) is 0 Å². The standard InChI is InChI=1S/C12H14FN3O3/c13-9-2-1-3-10(8-9)15-11(17)19-12(18)16-6-4-14-5-7-16/h1-3,8,14H,4-7H2,(H,15,17). The van der Waals surface area contributed by atoms with Crippen molar-refractivity contribution in [3.8, 4) is 0 Å². The van der Waals surface area contributed by atoms with Crippen molar-refractivity contribution in [2.45, 2.75) is 0 Å². The van der Waals surface area contributed by atoms with Crippen molar-refractivity contribution in [2.75, 3.05) is 31.5 Å². The fraction of sp³-hybridized carbons (Fsp3) is 0.333. The Labute approximate surface area is 109 Å². The number of benzene rings is 1. The molecule has 7 heteroatoms. The molecule has 6 nitrogen and oxygen atoms in total. The molecule has 2 N–H and O–H groups in total. The van der Waals surface area contributed by atoms with Gasteiger partial charge in [0.1, 0.15) is 5.82 Å². The van der Waals surface area contributed by atoms with Crippen LogP contribution in [0.25, 0.3) is 0 Å². The molecule has 2 rings (SSSR count). The second-order valence-corrected chi connectivity index (χ2v) is 4.03. The van der Waals surface area contributed by atoms with Crippen LogP contribution in [0.3, 0.4) is 0 Å². The first-order valence-electron chi connectivity index (χ1n) is 5.89. The Balaban J connectivity index is 1.85. The fourth-order valence-electron chi connectivity index (χ4n) is 1.70. The third-order valence-corrected chi connectivity index (χ3v) is 2.63. The van der Waals surface area contributed by atoms with Gasteiger partial charge in [-0.3, -0.25) is 5.32 Å². The van der Waals surface area contributed by atoms with E-state index in [2.05, 4.69) is 15.4 Å². The molecule has 1 heterocycles. The summed E-state index contributed by atoms with van der Waals surface area (Å²) in [5.41, 5.74) is 0.234.